The Bertz CT molecular complexity index is 796. The number of anilines is 1. The van der Waals surface area contributed by atoms with Gasteiger partial charge in [-0.2, -0.15) is 0 Å². The van der Waals surface area contributed by atoms with E-state index < -0.39 is 15.8 Å². The maximum absolute atomic E-state index is 13.3. The highest BCUT2D eigenvalue weighted by molar-refractivity contribution is 7.92. The molecule has 0 aliphatic heterocycles. The minimum atomic E-state index is -3.89. The Morgan fingerprint density at radius 2 is 2.14 bits per heavy atom. The van der Waals surface area contributed by atoms with Crippen molar-refractivity contribution in [1.82, 2.24) is 4.98 Å². The SMILES string of the molecule is NCC#Cc1cc(F)ccc1S(=O)(=O)Nc1cccnc1. The predicted molar refractivity (Wildman–Crippen MR) is 77.4 cm³/mol. The number of nitrogens with zero attached hydrogens (tertiary/aromatic N) is 1. The average molecular weight is 305 g/mol. The molecule has 5 nitrogen and oxygen atoms in total. The number of nitrogens with two attached hydrogens (primary N) is 1. The quantitative estimate of drug-likeness (QED) is 0.838. The van der Waals surface area contributed by atoms with Crippen LogP contribution < -0.4 is 10.5 Å². The summed E-state index contributed by atoms with van der Waals surface area (Å²) >= 11 is 0. The van der Waals surface area contributed by atoms with E-state index in [9.17, 15) is 12.8 Å². The molecule has 1 aromatic heterocycles. The fourth-order valence-corrected chi connectivity index (χ4v) is 2.80. The fraction of sp³-hybridized carbons (Fsp3) is 0.0714. The highest BCUT2D eigenvalue weighted by Crippen LogP contribution is 2.19. The van der Waals surface area contributed by atoms with Crippen molar-refractivity contribution in [3.8, 4) is 11.8 Å². The molecule has 0 amide bonds. The molecule has 0 saturated heterocycles. The Morgan fingerprint density at radius 1 is 1.33 bits per heavy atom. The molecule has 0 unspecified atom stereocenters. The van der Waals surface area contributed by atoms with Crippen molar-refractivity contribution in [2.24, 2.45) is 5.73 Å². The third-order valence-electron chi connectivity index (χ3n) is 2.47. The molecule has 2 rings (SSSR count). The Kier molecular flexibility index (Phi) is 4.52. The van der Waals surface area contributed by atoms with Crippen molar-refractivity contribution < 1.29 is 12.8 Å². The molecule has 3 N–H and O–H groups in total. The van der Waals surface area contributed by atoms with Crippen molar-refractivity contribution in [1.29, 1.82) is 0 Å². The highest BCUT2D eigenvalue weighted by Gasteiger charge is 2.18. The van der Waals surface area contributed by atoms with Gasteiger partial charge in [-0.25, -0.2) is 12.8 Å². The third kappa shape index (κ3) is 3.78. The molecular weight excluding hydrogens is 293 g/mol. The summed E-state index contributed by atoms with van der Waals surface area (Å²) in [6.07, 6.45) is 2.89. The third-order valence-corrected chi connectivity index (χ3v) is 3.91. The van der Waals surface area contributed by atoms with Gasteiger partial charge in [0.1, 0.15) is 10.7 Å². The van der Waals surface area contributed by atoms with E-state index in [2.05, 4.69) is 21.5 Å². The second-order valence-corrected chi connectivity index (χ2v) is 5.64. The summed E-state index contributed by atoms with van der Waals surface area (Å²) in [6, 6.07) is 6.43. The number of hydrogen-bond donors (Lipinski definition) is 2. The number of benzene rings is 1. The highest BCUT2D eigenvalue weighted by atomic mass is 32.2. The predicted octanol–water partition coefficient (Wildman–Crippen LogP) is 1.33. The number of halogens is 1. The second-order valence-electron chi connectivity index (χ2n) is 3.99. The minimum absolute atomic E-state index is 0.0477. The van der Waals surface area contributed by atoms with Crippen LogP contribution in [0.4, 0.5) is 10.1 Å². The molecule has 1 aromatic carbocycles. The summed E-state index contributed by atoms with van der Waals surface area (Å²) in [5.74, 6) is 4.50. The van der Waals surface area contributed by atoms with Crippen LogP contribution in [0.5, 0.6) is 0 Å². The van der Waals surface area contributed by atoms with Crippen LogP contribution in [-0.4, -0.2) is 19.9 Å². The summed E-state index contributed by atoms with van der Waals surface area (Å²) in [4.78, 5) is 3.70. The maximum atomic E-state index is 13.3. The largest absolute Gasteiger partial charge is 0.320 e. The number of rotatable bonds is 3. The molecule has 0 aliphatic rings. The van der Waals surface area contributed by atoms with Crippen LogP contribution >= 0.6 is 0 Å². The smallest absolute Gasteiger partial charge is 0.263 e. The molecule has 21 heavy (non-hydrogen) atoms. The van der Waals surface area contributed by atoms with Crippen molar-refractivity contribution in [2.45, 2.75) is 4.90 Å². The number of pyridine rings is 1. The van der Waals surface area contributed by atoms with E-state index in [0.29, 0.717) is 5.69 Å². The topological polar surface area (TPSA) is 85.1 Å². The lowest BCUT2D eigenvalue weighted by Crippen LogP contribution is -2.14. The fourth-order valence-electron chi connectivity index (χ4n) is 1.61. The van der Waals surface area contributed by atoms with Gasteiger partial charge in [-0.05, 0) is 30.3 Å². The Morgan fingerprint density at radius 3 is 2.81 bits per heavy atom. The van der Waals surface area contributed by atoms with E-state index in [-0.39, 0.29) is 17.0 Å². The zero-order valence-corrected chi connectivity index (χ0v) is 11.7. The van der Waals surface area contributed by atoms with E-state index in [0.717, 1.165) is 18.2 Å². The van der Waals surface area contributed by atoms with Crippen LogP contribution in [-0.2, 0) is 10.0 Å². The summed E-state index contributed by atoms with van der Waals surface area (Å²) in [6.45, 7) is 0.0477. The van der Waals surface area contributed by atoms with E-state index in [1.165, 1.54) is 12.4 Å². The Hall–Kier alpha value is -2.43. The first-order chi connectivity index (χ1) is 10.0. The molecule has 1 heterocycles. The molecule has 7 heteroatoms. The van der Waals surface area contributed by atoms with Gasteiger partial charge in [-0.1, -0.05) is 11.8 Å². The molecule has 0 atom stereocenters. The summed E-state index contributed by atoms with van der Waals surface area (Å²) < 4.78 is 40.3. The first-order valence-electron chi connectivity index (χ1n) is 5.94. The van der Waals surface area contributed by atoms with Gasteiger partial charge in [0.15, 0.2) is 0 Å². The molecule has 0 spiro atoms. The van der Waals surface area contributed by atoms with Crippen LogP contribution in [0.3, 0.4) is 0 Å². The van der Waals surface area contributed by atoms with Gasteiger partial charge in [-0.3, -0.25) is 9.71 Å². The number of sulfonamides is 1. The molecule has 0 fully saturated rings. The molecular formula is C14H12FN3O2S. The van der Waals surface area contributed by atoms with E-state index in [4.69, 9.17) is 5.73 Å². The lowest BCUT2D eigenvalue weighted by atomic mass is 10.2. The zero-order valence-electron chi connectivity index (χ0n) is 10.9. The van der Waals surface area contributed by atoms with Crippen LogP contribution in [0.2, 0.25) is 0 Å². The monoisotopic (exact) mass is 305 g/mol. The van der Waals surface area contributed by atoms with E-state index in [1.54, 1.807) is 12.1 Å². The van der Waals surface area contributed by atoms with Crippen LogP contribution in [0.15, 0.2) is 47.6 Å². The average Bonchev–Trinajstić information content (AvgIpc) is 2.45. The van der Waals surface area contributed by atoms with Crippen molar-refractivity contribution in [3.05, 3.63) is 54.1 Å². The standard InChI is InChI=1S/C14H12FN3O2S/c15-12-5-6-14(11(9-12)3-1-7-16)21(19,20)18-13-4-2-8-17-10-13/h2,4-6,8-10,18H,7,16H2. The number of aromatic nitrogens is 1. The summed E-state index contributed by atoms with van der Waals surface area (Å²) in [5, 5.41) is 0. The van der Waals surface area contributed by atoms with Crippen molar-refractivity contribution in [3.63, 3.8) is 0 Å². The Balaban J connectivity index is 2.45. The molecule has 0 aliphatic carbocycles. The first kappa shape index (κ1) is 15.0. The van der Waals surface area contributed by atoms with Gasteiger partial charge >= 0.3 is 0 Å². The van der Waals surface area contributed by atoms with Gasteiger partial charge < -0.3 is 5.73 Å². The van der Waals surface area contributed by atoms with Gasteiger partial charge in [0, 0.05) is 11.8 Å². The molecule has 108 valence electrons. The van der Waals surface area contributed by atoms with Gasteiger partial charge in [0.05, 0.1) is 18.4 Å². The van der Waals surface area contributed by atoms with E-state index in [1.807, 2.05) is 0 Å². The van der Waals surface area contributed by atoms with Gasteiger partial charge in [0.2, 0.25) is 0 Å². The van der Waals surface area contributed by atoms with Crippen molar-refractivity contribution >= 4 is 15.7 Å². The zero-order chi connectivity index (χ0) is 15.3. The first-order valence-corrected chi connectivity index (χ1v) is 7.42. The number of hydrogen-bond acceptors (Lipinski definition) is 4. The second kappa shape index (κ2) is 6.35. The number of nitrogens with one attached hydrogen (secondary N) is 1. The van der Waals surface area contributed by atoms with Crippen LogP contribution in [0, 0.1) is 17.7 Å². The minimum Gasteiger partial charge on any atom is -0.320 e. The molecule has 0 bridgehead atoms. The van der Waals surface area contributed by atoms with E-state index >= 15 is 0 Å². The normalized spacial score (nSPS) is 10.6. The lowest BCUT2D eigenvalue weighted by Gasteiger charge is -2.09. The summed E-state index contributed by atoms with van der Waals surface area (Å²) in [7, 11) is -3.89. The summed E-state index contributed by atoms with van der Waals surface area (Å²) in [5.41, 5.74) is 5.61. The molecule has 2 aromatic rings. The van der Waals surface area contributed by atoms with Gasteiger partial charge in [-0.15, -0.1) is 0 Å². The van der Waals surface area contributed by atoms with Crippen LogP contribution in [0.1, 0.15) is 5.56 Å². The molecule has 0 saturated carbocycles. The van der Waals surface area contributed by atoms with Crippen LogP contribution in [0.25, 0.3) is 0 Å². The van der Waals surface area contributed by atoms with Crippen molar-refractivity contribution in [2.75, 3.05) is 11.3 Å². The Labute approximate surface area is 122 Å². The van der Waals surface area contributed by atoms with Gasteiger partial charge in [0.25, 0.3) is 10.0 Å². The maximum Gasteiger partial charge on any atom is 0.263 e. The lowest BCUT2D eigenvalue weighted by molar-refractivity contribution is 0.599. The molecule has 0 radical (unpaired) electrons.